The van der Waals surface area contributed by atoms with E-state index in [9.17, 15) is 8.96 Å². The van der Waals surface area contributed by atoms with Crippen LogP contribution in [-0.2, 0) is 0 Å². The molecule has 1 aliphatic heterocycles. The number of likely N-dealkylation sites (tertiary alicyclic amines) is 1. The van der Waals surface area contributed by atoms with Gasteiger partial charge < -0.3 is 0 Å². The Hall–Kier alpha value is -0.220. The highest BCUT2D eigenvalue weighted by molar-refractivity contribution is 4.67. The Kier molecular flexibility index (Phi) is 3.20. The van der Waals surface area contributed by atoms with Crippen molar-refractivity contribution in [3.63, 3.8) is 0 Å². The average Bonchev–Trinajstić information content (AvgIpc) is 1.93. The summed E-state index contributed by atoms with van der Waals surface area (Å²) < 4.78 is 23.4. The van der Waals surface area contributed by atoms with Gasteiger partial charge in [-0.25, -0.2) is 0 Å². The summed E-state index contributed by atoms with van der Waals surface area (Å²) in [5.74, 6) is 0.707. The highest BCUT2D eigenvalue weighted by Gasteiger charge is 2.17. The molecule has 0 amide bonds. The first-order valence-electron chi connectivity index (χ1n) is 4.00. The molecule has 66 valence electrons. The molecule has 1 saturated heterocycles. The van der Waals surface area contributed by atoms with Gasteiger partial charge in [0.1, 0.15) is 6.67 Å². The normalized spacial score (nSPS) is 22.9. The van der Waals surface area contributed by atoms with Crippen molar-refractivity contribution in [2.45, 2.75) is 19.8 Å². The second-order valence-corrected chi connectivity index (χ2v) is 3.24. The van der Waals surface area contributed by atoms with E-state index in [-0.39, 0.29) is 6.67 Å². The van der Waals surface area contributed by atoms with Crippen LogP contribution in [0.5, 0.6) is 0 Å². The molecule has 0 saturated carbocycles. The monoisotopic (exact) mass is 164 g/mol. The molecule has 0 atom stereocenters. The summed E-state index contributed by atoms with van der Waals surface area (Å²) >= 11 is 0. The van der Waals surface area contributed by atoms with E-state index in [2.05, 4.69) is 6.92 Å². The van der Waals surface area contributed by atoms with E-state index in [4.69, 9.17) is 0 Å². The zero-order valence-corrected chi connectivity index (χ0v) is 6.76. The molecule has 0 radical (unpaired) electrons. The Balaban J connectivity index is 2.17. The molecule has 0 aliphatic carbocycles. The fourth-order valence-electron chi connectivity index (χ4n) is 1.35. The molecule has 0 bridgehead atoms. The maximum Gasteiger partial charge on any atom is 0.114 e. The topological polar surface area (TPSA) is 6.48 Å². The highest BCUT2D eigenvalue weighted by Crippen LogP contribution is 2.15. The number of piperidine rings is 1. The maximum atomic E-state index is 11.7. The summed E-state index contributed by atoms with van der Waals surface area (Å²) in [6, 6.07) is 0. The predicted molar refractivity (Wildman–Crippen MR) is 38.9 cm³/mol. The van der Waals surface area contributed by atoms with Gasteiger partial charge in [-0.05, 0) is 31.8 Å². The van der Waals surface area contributed by atoms with Gasteiger partial charge in [-0.3, -0.25) is 4.90 Å². The molecule has 0 unspecified atom stereocenters. The van der Waals surface area contributed by atoms with E-state index < -0.39 is 5.34 Å². The molecular weight excluding hydrogens is 150 g/mol. The highest BCUT2D eigenvalue weighted by atomic mass is 19.4. The largest absolute Gasteiger partial charge is 0.286 e. The second-order valence-electron chi connectivity index (χ2n) is 3.24. The van der Waals surface area contributed by atoms with Crippen molar-refractivity contribution in [1.29, 1.82) is 0 Å². The van der Waals surface area contributed by atoms with Crippen molar-refractivity contribution in [3.05, 3.63) is 0 Å². The first-order valence-corrected chi connectivity index (χ1v) is 4.00. The molecule has 0 aromatic carbocycles. The summed E-state index contributed by atoms with van der Waals surface area (Å²) in [6.45, 7) is 3.59. The summed E-state index contributed by atoms with van der Waals surface area (Å²) in [5, 5.41) is -0.754. The van der Waals surface area contributed by atoms with Gasteiger partial charge in [0.25, 0.3) is 0 Å². The SMILES string of the molecule is CC1CCN(CN(F)F)CC1. The van der Waals surface area contributed by atoms with E-state index >= 15 is 0 Å². The van der Waals surface area contributed by atoms with Crippen LogP contribution >= 0.6 is 0 Å². The number of hydrogen-bond acceptors (Lipinski definition) is 2. The maximum absolute atomic E-state index is 11.7. The van der Waals surface area contributed by atoms with Crippen LogP contribution < -0.4 is 0 Å². The van der Waals surface area contributed by atoms with Gasteiger partial charge in [0.2, 0.25) is 0 Å². The summed E-state index contributed by atoms with van der Waals surface area (Å²) in [6.07, 6.45) is 2.10. The fraction of sp³-hybridized carbons (Fsp3) is 1.00. The molecule has 1 aliphatic rings. The van der Waals surface area contributed by atoms with Crippen LogP contribution in [0.1, 0.15) is 19.8 Å². The Morgan fingerprint density at radius 3 is 2.36 bits per heavy atom. The number of halogens is 2. The van der Waals surface area contributed by atoms with E-state index in [1.165, 1.54) is 0 Å². The smallest absolute Gasteiger partial charge is 0.114 e. The van der Waals surface area contributed by atoms with Crippen LogP contribution in [0.3, 0.4) is 0 Å². The fourth-order valence-corrected chi connectivity index (χ4v) is 1.35. The third-order valence-corrected chi connectivity index (χ3v) is 2.18. The lowest BCUT2D eigenvalue weighted by Crippen LogP contribution is -2.37. The zero-order chi connectivity index (χ0) is 8.27. The molecule has 2 nitrogen and oxygen atoms in total. The molecule has 11 heavy (non-hydrogen) atoms. The third-order valence-electron chi connectivity index (χ3n) is 2.18. The number of nitrogens with zero attached hydrogens (tertiary/aromatic N) is 2. The molecule has 4 heteroatoms. The van der Waals surface area contributed by atoms with E-state index in [0.29, 0.717) is 5.92 Å². The minimum Gasteiger partial charge on any atom is -0.286 e. The van der Waals surface area contributed by atoms with Crippen LogP contribution in [0.2, 0.25) is 0 Å². The van der Waals surface area contributed by atoms with Crippen molar-refractivity contribution in [2.24, 2.45) is 5.92 Å². The van der Waals surface area contributed by atoms with Gasteiger partial charge >= 0.3 is 0 Å². The average molecular weight is 164 g/mol. The Labute approximate surface area is 65.6 Å². The van der Waals surface area contributed by atoms with Crippen LogP contribution in [0.25, 0.3) is 0 Å². The van der Waals surface area contributed by atoms with Crippen molar-refractivity contribution in [3.8, 4) is 0 Å². The summed E-state index contributed by atoms with van der Waals surface area (Å²) in [4.78, 5) is 1.78. The van der Waals surface area contributed by atoms with Crippen molar-refractivity contribution >= 4 is 0 Å². The van der Waals surface area contributed by atoms with Gasteiger partial charge in [0.15, 0.2) is 0 Å². The van der Waals surface area contributed by atoms with Crippen LogP contribution in [0.15, 0.2) is 0 Å². The Bertz CT molecular complexity index is 111. The minimum absolute atomic E-state index is 0.202. The zero-order valence-electron chi connectivity index (χ0n) is 6.76. The lowest BCUT2D eigenvalue weighted by Gasteiger charge is -2.29. The molecule has 0 N–H and O–H groups in total. The third kappa shape index (κ3) is 3.12. The number of rotatable bonds is 2. The van der Waals surface area contributed by atoms with Crippen LogP contribution in [0.4, 0.5) is 8.96 Å². The van der Waals surface area contributed by atoms with Gasteiger partial charge in [0, 0.05) is 5.34 Å². The summed E-state index contributed by atoms with van der Waals surface area (Å²) in [7, 11) is 0. The standard InChI is InChI=1S/C7H14F2N2/c1-7-2-4-10(5-3-7)6-11(8)9/h7H,2-6H2,1H3. The van der Waals surface area contributed by atoms with Crippen LogP contribution in [0, 0.1) is 5.92 Å². The quantitative estimate of drug-likeness (QED) is 0.574. The summed E-state index contributed by atoms with van der Waals surface area (Å²) in [5.41, 5.74) is 0. The van der Waals surface area contributed by atoms with Crippen LogP contribution in [-0.4, -0.2) is 30.0 Å². The lowest BCUT2D eigenvalue weighted by atomic mass is 10.00. The molecule has 1 fully saturated rings. The Morgan fingerprint density at radius 2 is 1.91 bits per heavy atom. The molecular formula is C7H14F2N2. The van der Waals surface area contributed by atoms with E-state index in [1.807, 2.05) is 0 Å². The van der Waals surface area contributed by atoms with Crippen molar-refractivity contribution in [1.82, 2.24) is 10.2 Å². The van der Waals surface area contributed by atoms with E-state index in [0.717, 1.165) is 25.9 Å². The van der Waals surface area contributed by atoms with Crippen molar-refractivity contribution in [2.75, 3.05) is 19.8 Å². The van der Waals surface area contributed by atoms with Gasteiger partial charge in [-0.1, -0.05) is 6.92 Å². The van der Waals surface area contributed by atoms with E-state index in [1.54, 1.807) is 4.90 Å². The van der Waals surface area contributed by atoms with Gasteiger partial charge in [-0.15, -0.1) is 8.96 Å². The second kappa shape index (κ2) is 3.97. The first-order chi connectivity index (χ1) is 5.18. The molecule has 0 spiro atoms. The first kappa shape index (κ1) is 8.87. The molecule has 0 aromatic rings. The minimum atomic E-state index is -0.754. The molecule has 1 heterocycles. The lowest BCUT2D eigenvalue weighted by molar-refractivity contribution is -0.184. The molecule has 0 aromatic heterocycles. The molecule has 1 rings (SSSR count). The van der Waals surface area contributed by atoms with Gasteiger partial charge in [0.05, 0.1) is 0 Å². The number of hydrogen-bond donors (Lipinski definition) is 0. The Morgan fingerprint density at radius 1 is 1.36 bits per heavy atom. The van der Waals surface area contributed by atoms with Crippen molar-refractivity contribution < 1.29 is 8.96 Å². The predicted octanol–water partition coefficient (Wildman–Crippen LogP) is 1.75. The van der Waals surface area contributed by atoms with Gasteiger partial charge in [-0.2, -0.15) is 0 Å².